The largest absolute Gasteiger partial charge is 0.360 e. The second-order valence-corrected chi connectivity index (χ2v) is 11.7. The predicted molar refractivity (Wildman–Crippen MR) is 110 cm³/mol. The number of nitrogens with one attached hydrogen (secondary N) is 2. The van der Waals surface area contributed by atoms with Gasteiger partial charge < -0.3 is 9.42 Å². The van der Waals surface area contributed by atoms with Crippen molar-refractivity contribution in [2.45, 2.75) is 54.8 Å². The highest BCUT2D eigenvalue weighted by Crippen LogP contribution is 2.21. The average molecular weight is 477 g/mol. The maximum atomic E-state index is 12.7. The molecule has 1 aliphatic rings. The van der Waals surface area contributed by atoms with Crippen LogP contribution in [0.15, 0.2) is 31.1 Å². The van der Waals surface area contributed by atoms with Gasteiger partial charge >= 0.3 is 0 Å². The third kappa shape index (κ3) is 4.91. The van der Waals surface area contributed by atoms with E-state index in [1.807, 2.05) is 0 Å². The Morgan fingerprint density at radius 2 is 1.90 bits per heavy atom. The molecule has 1 atom stereocenters. The first-order chi connectivity index (χ1) is 14.0. The van der Waals surface area contributed by atoms with Crippen molar-refractivity contribution >= 4 is 37.3 Å². The monoisotopic (exact) mass is 476 g/mol. The van der Waals surface area contributed by atoms with E-state index in [2.05, 4.69) is 14.6 Å². The van der Waals surface area contributed by atoms with Gasteiger partial charge in [0, 0.05) is 19.1 Å². The van der Waals surface area contributed by atoms with Crippen molar-refractivity contribution in [1.82, 2.24) is 19.5 Å². The van der Waals surface area contributed by atoms with Gasteiger partial charge in [-0.15, -0.1) is 11.3 Å². The lowest BCUT2D eigenvalue weighted by Gasteiger charge is -2.33. The van der Waals surface area contributed by atoms with Crippen molar-refractivity contribution in [3.8, 4) is 0 Å². The van der Waals surface area contributed by atoms with Gasteiger partial charge in [-0.25, -0.2) is 21.6 Å². The lowest BCUT2D eigenvalue weighted by molar-refractivity contribution is -0.133. The molecule has 0 saturated carbocycles. The quantitative estimate of drug-likeness (QED) is 0.607. The second-order valence-electron chi connectivity index (χ2n) is 7.15. The Balaban J connectivity index is 1.57. The zero-order chi connectivity index (χ0) is 22.1. The number of likely N-dealkylation sites (tertiary alicyclic amines) is 1. The first kappa shape index (κ1) is 22.9. The van der Waals surface area contributed by atoms with Crippen LogP contribution in [-0.2, 0) is 24.8 Å². The number of thiophene rings is 1. The molecule has 3 rings (SSSR count). The van der Waals surface area contributed by atoms with Crippen molar-refractivity contribution in [2.75, 3.05) is 13.1 Å². The second kappa shape index (κ2) is 8.75. The van der Waals surface area contributed by atoms with Crippen LogP contribution in [0.5, 0.6) is 0 Å². The van der Waals surface area contributed by atoms with Crippen LogP contribution < -0.4 is 9.44 Å². The van der Waals surface area contributed by atoms with Gasteiger partial charge in [0.1, 0.15) is 14.8 Å². The first-order valence-corrected chi connectivity index (χ1v) is 13.2. The normalized spacial score (nSPS) is 17.2. The third-order valence-corrected chi connectivity index (χ3v) is 9.53. The summed E-state index contributed by atoms with van der Waals surface area (Å²) in [4.78, 5) is 14.2. The van der Waals surface area contributed by atoms with E-state index >= 15 is 0 Å². The SMILES string of the molecule is Cc1noc(C)c1S(=O)(=O)N[C@@H](C)C(=O)N1CCC(NS(=O)(=O)c2cccs2)CC1. The molecule has 3 heterocycles. The van der Waals surface area contributed by atoms with Crippen LogP contribution in [0.2, 0.25) is 0 Å². The topological polar surface area (TPSA) is 139 Å². The molecule has 1 aliphatic heterocycles. The molecule has 0 aliphatic carbocycles. The molecule has 0 aromatic carbocycles. The van der Waals surface area contributed by atoms with E-state index in [1.165, 1.54) is 25.7 Å². The molecule has 1 fully saturated rings. The van der Waals surface area contributed by atoms with Crippen molar-refractivity contribution in [3.63, 3.8) is 0 Å². The number of aryl methyl sites for hydroxylation is 2. The number of carbonyl (C=O) groups is 1. The summed E-state index contributed by atoms with van der Waals surface area (Å²) >= 11 is 1.14. The molecule has 1 amide bonds. The molecule has 30 heavy (non-hydrogen) atoms. The fourth-order valence-electron chi connectivity index (χ4n) is 3.39. The summed E-state index contributed by atoms with van der Waals surface area (Å²) in [5, 5.41) is 5.33. The Morgan fingerprint density at radius 1 is 1.23 bits per heavy atom. The minimum Gasteiger partial charge on any atom is -0.360 e. The molecule has 2 aromatic heterocycles. The van der Waals surface area contributed by atoms with Crippen LogP contribution in [0.25, 0.3) is 0 Å². The summed E-state index contributed by atoms with van der Waals surface area (Å²) < 4.78 is 60.1. The van der Waals surface area contributed by atoms with Gasteiger partial charge in [0.05, 0.1) is 6.04 Å². The lowest BCUT2D eigenvalue weighted by Crippen LogP contribution is -2.52. The average Bonchev–Trinajstić information content (AvgIpc) is 3.32. The number of piperidine rings is 1. The van der Waals surface area contributed by atoms with E-state index in [0.29, 0.717) is 25.9 Å². The van der Waals surface area contributed by atoms with Crippen LogP contribution in [0.1, 0.15) is 31.2 Å². The van der Waals surface area contributed by atoms with E-state index in [-0.39, 0.29) is 32.5 Å². The predicted octanol–water partition coefficient (Wildman–Crippen LogP) is 0.989. The smallest absolute Gasteiger partial charge is 0.250 e. The highest BCUT2D eigenvalue weighted by molar-refractivity contribution is 7.91. The highest BCUT2D eigenvalue weighted by Gasteiger charge is 2.32. The third-order valence-electron chi connectivity index (χ3n) is 4.83. The Labute approximate surface area is 179 Å². The van der Waals surface area contributed by atoms with E-state index in [9.17, 15) is 21.6 Å². The molecule has 1 saturated heterocycles. The minimum absolute atomic E-state index is 0.0659. The molecule has 166 valence electrons. The van der Waals surface area contributed by atoms with Gasteiger partial charge in [-0.05, 0) is 45.1 Å². The fraction of sp³-hybridized carbons (Fsp3) is 0.529. The van der Waals surface area contributed by atoms with Gasteiger partial charge in [0.25, 0.3) is 0 Å². The molecule has 0 unspecified atom stereocenters. The summed E-state index contributed by atoms with van der Waals surface area (Å²) in [6, 6.07) is 1.95. The van der Waals surface area contributed by atoms with Gasteiger partial charge in [0.2, 0.25) is 26.0 Å². The van der Waals surface area contributed by atoms with Crippen molar-refractivity contribution < 1.29 is 26.2 Å². The van der Waals surface area contributed by atoms with E-state index in [1.54, 1.807) is 17.5 Å². The molecular weight excluding hydrogens is 452 g/mol. The summed E-state index contributed by atoms with van der Waals surface area (Å²) in [5.41, 5.74) is 0.221. The standard InChI is InChI=1S/C17H24N4O6S3/c1-11-16(13(3)27-18-11)30(25,26)19-12(2)17(22)21-8-6-14(7-9-21)20-29(23,24)15-5-4-10-28-15/h4-5,10,12,14,19-20H,6-9H2,1-3H3/t12-/m0/s1. The van der Waals surface area contributed by atoms with E-state index < -0.39 is 26.1 Å². The van der Waals surface area contributed by atoms with Crippen molar-refractivity contribution in [3.05, 3.63) is 29.0 Å². The molecule has 0 radical (unpaired) electrons. The van der Waals surface area contributed by atoms with Crippen LogP contribution >= 0.6 is 11.3 Å². The number of hydrogen-bond acceptors (Lipinski definition) is 8. The fourth-order valence-corrected chi connectivity index (χ4v) is 7.23. The van der Waals surface area contributed by atoms with Crippen LogP contribution in [0.3, 0.4) is 0 Å². The zero-order valence-corrected chi connectivity index (χ0v) is 19.2. The van der Waals surface area contributed by atoms with Crippen molar-refractivity contribution in [1.29, 1.82) is 0 Å². The Kier molecular flexibility index (Phi) is 6.67. The van der Waals surface area contributed by atoms with Gasteiger partial charge in [-0.3, -0.25) is 4.79 Å². The number of amides is 1. The lowest BCUT2D eigenvalue weighted by atomic mass is 10.1. The minimum atomic E-state index is -3.97. The van der Waals surface area contributed by atoms with Gasteiger partial charge in [-0.2, -0.15) is 4.72 Å². The number of carbonyl (C=O) groups excluding carboxylic acids is 1. The van der Waals surface area contributed by atoms with Crippen LogP contribution in [0.4, 0.5) is 0 Å². The maximum absolute atomic E-state index is 12.7. The van der Waals surface area contributed by atoms with Gasteiger partial charge in [0.15, 0.2) is 5.76 Å². The number of aromatic nitrogens is 1. The molecule has 10 nitrogen and oxygen atoms in total. The van der Waals surface area contributed by atoms with E-state index in [0.717, 1.165) is 11.3 Å². The Bertz CT molecular complexity index is 1080. The van der Waals surface area contributed by atoms with Crippen LogP contribution in [-0.4, -0.2) is 58.0 Å². The molecule has 2 aromatic rings. The number of hydrogen-bond donors (Lipinski definition) is 2. The Hall–Kier alpha value is -1.80. The summed E-state index contributed by atoms with van der Waals surface area (Å²) in [7, 11) is -7.53. The van der Waals surface area contributed by atoms with E-state index in [4.69, 9.17) is 4.52 Å². The van der Waals surface area contributed by atoms with Gasteiger partial charge in [-0.1, -0.05) is 11.2 Å². The number of sulfonamides is 2. The number of nitrogens with zero attached hydrogens (tertiary/aromatic N) is 2. The molecular formula is C17H24N4O6S3. The van der Waals surface area contributed by atoms with Crippen molar-refractivity contribution in [2.24, 2.45) is 0 Å². The molecule has 0 bridgehead atoms. The summed E-state index contributed by atoms with van der Waals surface area (Å²) in [5.74, 6) is -0.219. The highest BCUT2D eigenvalue weighted by atomic mass is 32.2. The zero-order valence-electron chi connectivity index (χ0n) is 16.8. The maximum Gasteiger partial charge on any atom is 0.250 e. The first-order valence-electron chi connectivity index (χ1n) is 9.31. The summed E-state index contributed by atoms with van der Waals surface area (Å²) in [6.07, 6.45) is 0.888. The summed E-state index contributed by atoms with van der Waals surface area (Å²) in [6.45, 7) is 5.13. The molecule has 2 N–H and O–H groups in total. The molecule has 13 heteroatoms. The molecule has 0 spiro atoms. The van der Waals surface area contributed by atoms with Crippen LogP contribution in [0, 0.1) is 13.8 Å². The Morgan fingerprint density at radius 3 is 2.43 bits per heavy atom. The number of rotatable bonds is 7.